The van der Waals surface area contributed by atoms with E-state index in [0.29, 0.717) is 29.1 Å². The first-order valence-electron chi connectivity index (χ1n) is 25.0. The molecule has 4 saturated heterocycles. The quantitative estimate of drug-likeness (QED) is 0.116. The number of nitrogens with zero attached hydrogens (tertiary/aromatic N) is 3. The Bertz CT molecular complexity index is 2440. The fraction of sp³-hybridized carbons (Fsp3) is 0.414. The summed E-state index contributed by atoms with van der Waals surface area (Å²) < 4.78 is 0. The van der Waals surface area contributed by atoms with E-state index in [1.54, 1.807) is 30.3 Å². The molecule has 2 aliphatic carbocycles. The van der Waals surface area contributed by atoms with Gasteiger partial charge in [-0.15, -0.1) is 0 Å². The summed E-state index contributed by atoms with van der Waals surface area (Å²) in [6.45, 7) is 9.35. The molecular formula is C58H68Cl2N4O5. The molecule has 4 aromatic carbocycles. The second-order valence-electron chi connectivity index (χ2n) is 19.7. The van der Waals surface area contributed by atoms with Crippen molar-refractivity contribution in [2.75, 3.05) is 65.4 Å². The molecule has 4 aromatic rings. The molecule has 0 radical (unpaired) electrons. The van der Waals surface area contributed by atoms with E-state index in [9.17, 15) is 19.8 Å². The molecule has 0 aromatic heterocycles. The number of likely N-dealkylation sites (tertiary alicyclic amines) is 3. The molecule has 6 aliphatic rings. The van der Waals surface area contributed by atoms with Crippen LogP contribution in [0, 0.1) is 11.8 Å². The molecule has 2 atom stereocenters. The predicted molar refractivity (Wildman–Crippen MR) is 281 cm³/mol. The summed E-state index contributed by atoms with van der Waals surface area (Å²) in [5.74, 6) is -0.175. The van der Waals surface area contributed by atoms with Crippen LogP contribution in [0.2, 0.25) is 10.0 Å². The van der Waals surface area contributed by atoms with Gasteiger partial charge in [-0.1, -0.05) is 120 Å². The average Bonchev–Trinajstić information content (AvgIpc) is 3.93. The zero-order chi connectivity index (χ0) is 48.2. The second-order valence-corrected chi connectivity index (χ2v) is 20.6. The summed E-state index contributed by atoms with van der Waals surface area (Å²) in [6.07, 6.45) is 23.5. The van der Waals surface area contributed by atoms with Crippen LogP contribution in [0.15, 0.2) is 121 Å². The molecule has 10 rings (SSSR count). The van der Waals surface area contributed by atoms with E-state index in [1.165, 1.54) is 41.2 Å². The lowest BCUT2D eigenvalue weighted by molar-refractivity contribution is -0.131. The summed E-state index contributed by atoms with van der Waals surface area (Å²) in [5.41, 5.74) is 7.97. The first-order chi connectivity index (χ1) is 33.5. The molecule has 69 heavy (non-hydrogen) atoms. The van der Waals surface area contributed by atoms with Crippen LogP contribution < -0.4 is 5.32 Å². The number of halogens is 2. The van der Waals surface area contributed by atoms with Crippen molar-refractivity contribution in [1.29, 1.82) is 0 Å². The normalized spacial score (nSPS) is 20.8. The smallest absolute Gasteiger partial charge is 0.328 e. The number of aliphatic carboxylic acids is 1. The number of hydrogen-bond donors (Lipinski definition) is 4. The standard InChI is InChI=1S/C29H33ClN2O2.C20H28N2O.C9H7ClO2/c30-25-8-5-22(6-9-25)7-10-28(34)32-17-12-24(13-18-32)27(33)21-31-19-15-29(16-20-31)14-11-23-3-1-2-4-26(23)29;23-19(17-6-11-21-12-7-17)15-22-13-9-20(10-14-22)8-5-16-3-1-2-4-18(16)20;10-8-4-1-7(2-5-8)3-6-9(11)12/h1-11,14,24,27,33H,12-13,15-21H2;1-5,8,17,19,21,23H,6-7,9-15H2;1-6H,(H,11,12)/b10-7+;;6-3+. The lowest BCUT2D eigenvalue weighted by atomic mass is 9.74. The van der Waals surface area contributed by atoms with Gasteiger partial charge in [0.25, 0.3) is 0 Å². The highest BCUT2D eigenvalue weighted by Gasteiger charge is 2.40. The van der Waals surface area contributed by atoms with Gasteiger partial charge in [-0.3, -0.25) is 4.79 Å². The van der Waals surface area contributed by atoms with Crippen molar-refractivity contribution in [3.8, 4) is 0 Å². The van der Waals surface area contributed by atoms with E-state index in [2.05, 4.69) is 88.0 Å². The number of hydrogen-bond acceptors (Lipinski definition) is 7. The van der Waals surface area contributed by atoms with Gasteiger partial charge < -0.3 is 35.3 Å². The predicted octanol–water partition coefficient (Wildman–Crippen LogP) is 9.86. The average molecular weight is 972 g/mol. The molecule has 2 unspecified atom stereocenters. The van der Waals surface area contributed by atoms with E-state index in [-0.39, 0.29) is 34.9 Å². The number of amides is 1. The van der Waals surface area contributed by atoms with E-state index in [4.69, 9.17) is 28.3 Å². The van der Waals surface area contributed by atoms with Crippen LogP contribution in [0.1, 0.15) is 84.7 Å². The summed E-state index contributed by atoms with van der Waals surface area (Å²) in [4.78, 5) is 29.5. The van der Waals surface area contributed by atoms with Crippen molar-refractivity contribution >= 4 is 59.4 Å². The molecule has 364 valence electrons. The van der Waals surface area contributed by atoms with Gasteiger partial charge in [0.05, 0.1) is 12.2 Å². The number of aliphatic hydroxyl groups is 2. The van der Waals surface area contributed by atoms with Crippen LogP contribution in [0.25, 0.3) is 24.3 Å². The van der Waals surface area contributed by atoms with Gasteiger partial charge in [-0.05, 0) is 172 Å². The number of fused-ring (bicyclic) bond motifs is 4. The Hall–Kier alpha value is -4.84. The number of piperidine rings is 4. The molecule has 4 aliphatic heterocycles. The third-order valence-corrected chi connectivity index (χ3v) is 15.9. The van der Waals surface area contributed by atoms with Crippen LogP contribution in [-0.2, 0) is 20.4 Å². The van der Waals surface area contributed by atoms with E-state index in [1.807, 2.05) is 35.2 Å². The number of allylic oxidation sites excluding steroid dienone is 2. The van der Waals surface area contributed by atoms with Crippen LogP contribution in [0.5, 0.6) is 0 Å². The van der Waals surface area contributed by atoms with Gasteiger partial charge in [0, 0.05) is 59.2 Å². The van der Waals surface area contributed by atoms with Crippen molar-refractivity contribution in [3.05, 3.63) is 165 Å². The van der Waals surface area contributed by atoms with Gasteiger partial charge >= 0.3 is 5.97 Å². The Morgan fingerprint density at radius 2 is 1.01 bits per heavy atom. The maximum absolute atomic E-state index is 12.6. The highest BCUT2D eigenvalue weighted by molar-refractivity contribution is 6.30. The second kappa shape index (κ2) is 23.8. The van der Waals surface area contributed by atoms with Gasteiger partial charge in [0.1, 0.15) is 0 Å². The van der Waals surface area contributed by atoms with Crippen LogP contribution in [0.4, 0.5) is 0 Å². The number of rotatable bonds is 10. The monoisotopic (exact) mass is 970 g/mol. The molecular weight excluding hydrogens is 904 g/mol. The van der Waals surface area contributed by atoms with Gasteiger partial charge in [0.15, 0.2) is 0 Å². The van der Waals surface area contributed by atoms with Crippen LogP contribution in [-0.4, -0.2) is 120 Å². The summed E-state index contributed by atoms with van der Waals surface area (Å²) in [5, 5.41) is 34.5. The van der Waals surface area contributed by atoms with Crippen molar-refractivity contribution in [2.45, 2.75) is 74.4 Å². The van der Waals surface area contributed by atoms with Crippen LogP contribution in [0.3, 0.4) is 0 Å². The number of nitrogens with one attached hydrogen (secondary N) is 1. The van der Waals surface area contributed by atoms with E-state index < -0.39 is 5.97 Å². The van der Waals surface area contributed by atoms with Crippen molar-refractivity contribution < 1.29 is 24.9 Å². The minimum Gasteiger partial charge on any atom is -0.478 e. The Balaban J connectivity index is 0.000000157. The first kappa shape index (κ1) is 50.5. The molecule has 1 amide bonds. The topological polar surface area (TPSA) is 117 Å². The Labute approximate surface area is 418 Å². The lowest BCUT2D eigenvalue weighted by Gasteiger charge is -2.41. The zero-order valence-electron chi connectivity index (χ0n) is 39.6. The number of benzene rings is 4. The summed E-state index contributed by atoms with van der Waals surface area (Å²) >= 11 is 11.6. The highest BCUT2D eigenvalue weighted by Crippen LogP contribution is 2.45. The highest BCUT2D eigenvalue weighted by atomic mass is 35.5. The molecule has 4 N–H and O–H groups in total. The molecule has 0 saturated carbocycles. The molecule has 4 heterocycles. The van der Waals surface area contributed by atoms with Gasteiger partial charge in [0.2, 0.25) is 5.91 Å². The van der Waals surface area contributed by atoms with Crippen molar-refractivity contribution in [2.24, 2.45) is 11.8 Å². The van der Waals surface area contributed by atoms with Crippen molar-refractivity contribution in [3.63, 3.8) is 0 Å². The maximum atomic E-state index is 12.6. The number of carbonyl (C=O) groups is 2. The molecule has 9 nitrogen and oxygen atoms in total. The lowest BCUT2D eigenvalue weighted by Crippen LogP contribution is -2.47. The van der Waals surface area contributed by atoms with E-state index >= 15 is 0 Å². The molecule has 4 fully saturated rings. The Morgan fingerprint density at radius 3 is 1.46 bits per heavy atom. The zero-order valence-corrected chi connectivity index (χ0v) is 41.2. The third kappa shape index (κ3) is 13.3. The minimum absolute atomic E-state index is 0.0362. The number of carboxylic acids is 1. The number of carbonyl (C=O) groups excluding carboxylic acids is 1. The number of aliphatic hydroxyl groups excluding tert-OH is 2. The summed E-state index contributed by atoms with van der Waals surface area (Å²) in [6, 6.07) is 32.0. The number of β-amino-alcohol motifs (C(OH)–C–C–N with tert-alkyl or cyclic N) is 2. The maximum Gasteiger partial charge on any atom is 0.328 e. The number of carboxylic acid groups (broad SMARTS) is 1. The van der Waals surface area contributed by atoms with Gasteiger partial charge in [-0.25, -0.2) is 4.79 Å². The molecule has 11 heteroatoms. The SMILES string of the molecule is O=C(/C=C/c1ccc(Cl)cc1)N1CCC(C(O)CN2CCC3(C=Cc4ccccc43)CC2)CC1.O=C(O)/C=C/c1ccc(Cl)cc1.OC(CN1CCC2(C=Cc3ccccc32)CC1)C1CCNCC1. The first-order valence-corrected chi connectivity index (χ1v) is 25.7. The fourth-order valence-electron chi connectivity index (χ4n) is 11.2. The fourth-order valence-corrected chi connectivity index (χ4v) is 11.4. The molecule has 0 bridgehead atoms. The van der Waals surface area contributed by atoms with Gasteiger partial charge in [-0.2, -0.15) is 0 Å². The minimum atomic E-state index is -0.954. The third-order valence-electron chi connectivity index (χ3n) is 15.4. The van der Waals surface area contributed by atoms with E-state index in [0.717, 1.165) is 108 Å². The largest absolute Gasteiger partial charge is 0.478 e. The Morgan fingerprint density at radius 1 is 0.594 bits per heavy atom. The molecule has 2 spiro atoms. The van der Waals surface area contributed by atoms with Crippen molar-refractivity contribution in [1.82, 2.24) is 20.0 Å². The Kier molecular flexibility index (Phi) is 17.5. The summed E-state index contributed by atoms with van der Waals surface area (Å²) in [7, 11) is 0. The van der Waals surface area contributed by atoms with Crippen LogP contribution >= 0.6 is 23.2 Å².